The van der Waals surface area contributed by atoms with Crippen molar-refractivity contribution in [1.29, 1.82) is 5.26 Å². The molecule has 3 amide bonds. The first kappa shape index (κ1) is 26.3. The lowest BCUT2D eigenvalue weighted by molar-refractivity contribution is -0.136. The Bertz CT molecular complexity index is 1500. The highest BCUT2D eigenvalue weighted by atomic mass is 16.5. The van der Waals surface area contributed by atoms with Crippen LogP contribution in [0, 0.1) is 11.3 Å². The molecule has 202 valence electrons. The van der Waals surface area contributed by atoms with Crippen LogP contribution >= 0.6 is 0 Å². The Labute approximate surface area is 226 Å². The van der Waals surface area contributed by atoms with E-state index >= 15 is 0 Å². The van der Waals surface area contributed by atoms with Gasteiger partial charge in [-0.15, -0.1) is 0 Å². The number of ether oxygens (including phenoxy) is 2. The molecule has 2 aliphatic heterocycles. The highest BCUT2D eigenvalue weighted by molar-refractivity contribution is 6.07. The third-order valence-electron chi connectivity index (χ3n) is 7.29. The number of anilines is 1. The number of rotatable bonds is 6. The number of hydrogen-bond acceptors (Lipinski definition) is 6. The molecule has 0 radical (unpaired) electrons. The second kappa shape index (κ2) is 9.75. The van der Waals surface area contributed by atoms with E-state index in [2.05, 4.69) is 21.7 Å². The first-order valence-electron chi connectivity index (χ1n) is 12.8. The Morgan fingerprint density at radius 2 is 2.00 bits per heavy atom. The number of carbonyl (C=O) groups excluding carboxylic acids is 3. The number of carbonyl (C=O) groups is 3. The SMILES string of the molecule is COc1cccc2[nH]c(C(=O)N[C@@H](COC(C)(C)C)C(=O)N3C[C@]4(C[C@H]3C#N)C(=O)Nc3ccccc34)cc12. The summed E-state index contributed by atoms with van der Waals surface area (Å²) in [7, 11) is 1.55. The summed E-state index contributed by atoms with van der Waals surface area (Å²) < 4.78 is 11.3. The summed E-state index contributed by atoms with van der Waals surface area (Å²) in [6.45, 7) is 5.47. The van der Waals surface area contributed by atoms with Gasteiger partial charge in [0.25, 0.3) is 5.91 Å². The van der Waals surface area contributed by atoms with Crippen LogP contribution in [0.3, 0.4) is 0 Å². The second-order valence-electron chi connectivity index (χ2n) is 11.0. The molecule has 3 N–H and O–H groups in total. The first-order chi connectivity index (χ1) is 18.6. The minimum atomic E-state index is -1.09. The average Bonchev–Trinajstić information content (AvgIpc) is 3.60. The summed E-state index contributed by atoms with van der Waals surface area (Å²) in [5.74, 6) is -0.615. The van der Waals surface area contributed by atoms with Gasteiger partial charge in [0.2, 0.25) is 11.8 Å². The van der Waals surface area contributed by atoms with Crippen molar-refractivity contribution in [1.82, 2.24) is 15.2 Å². The molecule has 1 spiro atoms. The molecule has 2 aromatic carbocycles. The molecule has 0 unspecified atom stereocenters. The summed E-state index contributed by atoms with van der Waals surface area (Å²) in [6, 6.07) is 14.7. The lowest BCUT2D eigenvalue weighted by atomic mass is 9.80. The zero-order chi connectivity index (χ0) is 27.9. The molecule has 10 heteroatoms. The Morgan fingerprint density at radius 3 is 2.72 bits per heavy atom. The molecule has 10 nitrogen and oxygen atoms in total. The summed E-state index contributed by atoms with van der Waals surface area (Å²) in [5, 5.41) is 16.4. The molecule has 0 bridgehead atoms. The van der Waals surface area contributed by atoms with E-state index in [1.54, 1.807) is 19.2 Å². The Balaban J connectivity index is 1.43. The Kier molecular flexibility index (Phi) is 6.56. The van der Waals surface area contributed by atoms with E-state index in [1.165, 1.54) is 4.90 Å². The van der Waals surface area contributed by atoms with Crippen LogP contribution < -0.4 is 15.4 Å². The number of aromatic nitrogens is 1. The van der Waals surface area contributed by atoms with Gasteiger partial charge in [0.05, 0.1) is 30.8 Å². The molecule has 1 saturated heterocycles. The van der Waals surface area contributed by atoms with Crippen LogP contribution in [-0.4, -0.2) is 65.6 Å². The highest BCUT2D eigenvalue weighted by Crippen LogP contribution is 2.46. The largest absolute Gasteiger partial charge is 0.496 e. The zero-order valence-corrected chi connectivity index (χ0v) is 22.3. The quantitative estimate of drug-likeness (QED) is 0.449. The molecular formula is C29H31N5O5. The van der Waals surface area contributed by atoms with E-state index in [-0.39, 0.29) is 31.2 Å². The zero-order valence-electron chi connectivity index (χ0n) is 22.3. The number of nitriles is 1. The molecule has 3 heterocycles. The predicted molar refractivity (Wildman–Crippen MR) is 144 cm³/mol. The maximum atomic E-state index is 13.9. The third kappa shape index (κ3) is 4.70. The van der Waals surface area contributed by atoms with Gasteiger partial charge < -0.3 is 30.0 Å². The van der Waals surface area contributed by atoms with Crippen molar-refractivity contribution in [2.45, 2.75) is 50.3 Å². The molecule has 39 heavy (non-hydrogen) atoms. The lowest BCUT2D eigenvalue weighted by Gasteiger charge is -2.29. The van der Waals surface area contributed by atoms with Crippen molar-refractivity contribution in [3.8, 4) is 11.8 Å². The maximum absolute atomic E-state index is 13.9. The fourth-order valence-corrected chi connectivity index (χ4v) is 5.36. The molecule has 0 saturated carbocycles. The number of amides is 3. The van der Waals surface area contributed by atoms with Crippen LogP contribution in [0.5, 0.6) is 5.75 Å². The van der Waals surface area contributed by atoms with Crippen molar-refractivity contribution in [2.24, 2.45) is 0 Å². The normalized spacial score (nSPS) is 20.9. The van der Waals surface area contributed by atoms with E-state index in [0.717, 1.165) is 10.9 Å². The topological polar surface area (TPSA) is 137 Å². The van der Waals surface area contributed by atoms with Crippen molar-refractivity contribution in [2.75, 3.05) is 25.6 Å². The second-order valence-corrected chi connectivity index (χ2v) is 11.0. The highest BCUT2D eigenvalue weighted by Gasteiger charge is 2.56. The summed E-state index contributed by atoms with van der Waals surface area (Å²) >= 11 is 0. The summed E-state index contributed by atoms with van der Waals surface area (Å²) in [5.41, 5.74) is 0.808. The van der Waals surface area contributed by atoms with Gasteiger partial charge in [0, 0.05) is 29.6 Å². The van der Waals surface area contributed by atoms with Gasteiger partial charge in [-0.1, -0.05) is 24.3 Å². The number of nitrogens with zero attached hydrogens (tertiary/aromatic N) is 2. The van der Waals surface area contributed by atoms with Gasteiger partial charge in [0.15, 0.2) is 0 Å². The van der Waals surface area contributed by atoms with Crippen LogP contribution in [0.25, 0.3) is 10.9 Å². The molecule has 3 aromatic rings. The Morgan fingerprint density at radius 1 is 1.23 bits per heavy atom. The van der Waals surface area contributed by atoms with Crippen molar-refractivity contribution < 1.29 is 23.9 Å². The molecule has 3 atom stereocenters. The Hall–Kier alpha value is -4.36. The van der Waals surface area contributed by atoms with E-state index in [1.807, 2.05) is 57.2 Å². The van der Waals surface area contributed by atoms with Crippen LogP contribution in [0.4, 0.5) is 5.69 Å². The smallest absolute Gasteiger partial charge is 0.268 e. The third-order valence-corrected chi connectivity index (χ3v) is 7.29. The van der Waals surface area contributed by atoms with Gasteiger partial charge in [0.1, 0.15) is 23.5 Å². The first-order valence-corrected chi connectivity index (χ1v) is 12.8. The van der Waals surface area contributed by atoms with Crippen molar-refractivity contribution in [3.05, 3.63) is 59.8 Å². The van der Waals surface area contributed by atoms with Crippen LogP contribution in [0.1, 0.15) is 43.2 Å². The van der Waals surface area contributed by atoms with Crippen molar-refractivity contribution >= 4 is 34.3 Å². The number of aromatic amines is 1. The number of methoxy groups -OCH3 is 1. The molecule has 5 rings (SSSR count). The van der Waals surface area contributed by atoms with E-state index in [4.69, 9.17) is 9.47 Å². The number of likely N-dealkylation sites (tertiary alicyclic amines) is 1. The molecule has 2 aliphatic rings. The minimum absolute atomic E-state index is 0.0262. The van der Waals surface area contributed by atoms with Gasteiger partial charge in [-0.2, -0.15) is 5.26 Å². The monoisotopic (exact) mass is 529 g/mol. The number of nitrogens with one attached hydrogen (secondary N) is 3. The van der Waals surface area contributed by atoms with Crippen molar-refractivity contribution in [3.63, 3.8) is 0 Å². The van der Waals surface area contributed by atoms with Gasteiger partial charge in [-0.3, -0.25) is 14.4 Å². The van der Waals surface area contributed by atoms with Crippen LogP contribution in [0.15, 0.2) is 48.5 Å². The van der Waals surface area contributed by atoms with Crippen LogP contribution in [0.2, 0.25) is 0 Å². The van der Waals surface area contributed by atoms with Gasteiger partial charge in [-0.25, -0.2) is 0 Å². The number of H-pyrrole nitrogens is 1. The van der Waals surface area contributed by atoms with Gasteiger partial charge >= 0.3 is 0 Å². The predicted octanol–water partition coefficient (Wildman–Crippen LogP) is 3.10. The van der Waals surface area contributed by atoms with Gasteiger partial charge in [-0.05, 0) is 50.6 Å². The minimum Gasteiger partial charge on any atom is -0.496 e. The fraction of sp³-hybridized carbons (Fsp3) is 0.379. The molecular weight excluding hydrogens is 498 g/mol. The fourth-order valence-electron chi connectivity index (χ4n) is 5.36. The van der Waals surface area contributed by atoms with E-state index < -0.39 is 34.9 Å². The number of fused-ring (bicyclic) bond motifs is 3. The lowest BCUT2D eigenvalue weighted by Crippen LogP contribution is -2.53. The standard InChI is InChI=1S/C29H31N5O5/c1-28(2,3)39-15-23(32-25(35)22-12-18-20(31-22)10-7-11-24(18)38-4)26(36)34-16-29(13-17(34)14-30)19-8-5-6-9-21(19)33-27(29)37/h5-12,17,23,31H,13,15-16H2,1-4H3,(H,32,35)(H,33,37)/t17-,23-,29-/m0/s1. The molecule has 0 aliphatic carbocycles. The molecule has 1 aromatic heterocycles. The number of hydrogen-bond donors (Lipinski definition) is 3. The molecule has 1 fully saturated rings. The maximum Gasteiger partial charge on any atom is 0.268 e. The van der Waals surface area contributed by atoms with E-state index in [0.29, 0.717) is 17.0 Å². The number of benzene rings is 2. The summed E-state index contributed by atoms with van der Waals surface area (Å²) in [6.07, 6.45) is 0.167. The average molecular weight is 530 g/mol. The van der Waals surface area contributed by atoms with E-state index in [9.17, 15) is 19.6 Å². The van der Waals surface area contributed by atoms with Crippen LogP contribution in [-0.2, 0) is 19.7 Å². The number of para-hydroxylation sites is 1. The summed E-state index contributed by atoms with van der Waals surface area (Å²) in [4.78, 5) is 44.9.